The fraction of sp³-hybridized carbons (Fsp3) is 0.200. The van der Waals surface area contributed by atoms with Crippen molar-refractivity contribution in [3.63, 3.8) is 0 Å². The van der Waals surface area contributed by atoms with Crippen LogP contribution < -0.4 is 5.32 Å². The maximum absolute atomic E-state index is 10.7. The summed E-state index contributed by atoms with van der Waals surface area (Å²) in [5.41, 5.74) is 1.22. The van der Waals surface area contributed by atoms with Crippen LogP contribution in [0, 0.1) is 10.1 Å². The quantitative estimate of drug-likeness (QED) is 0.628. The maximum Gasteiger partial charge on any atom is 0.269 e. The summed E-state index contributed by atoms with van der Waals surface area (Å²) in [7, 11) is 0. The summed E-state index contributed by atoms with van der Waals surface area (Å²) in [5.74, 6) is 0. The maximum atomic E-state index is 10.7. The normalized spacial score (nSPS) is 10.6. The van der Waals surface area contributed by atoms with Crippen molar-refractivity contribution >= 4 is 29.1 Å². The Bertz CT molecular complexity index is 632. The molecule has 2 aromatic rings. The van der Waals surface area contributed by atoms with Crippen LogP contribution in [0.25, 0.3) is 0 Å². The highest BCUT2D eigenvalue weighted by Crippen LogP contribution is 2.32. The van der Waals surface area contributed by atoms with Gasteiger partial charge in [-0.05, 0) is 42.4 Å². The molecule has 110 valence electrons. The lowest BCUT2D eigenvalue weighted by molar-refractivity contribution is -0.384. The number of nitrogens with zero attached hydrogens (tertiary/aromatic N) is 1. The van der Waals surface area contributed by atoms with E-state index in [-0.39, 0.29) is 5.69 Å². The summed E-state index contributed by atoms with van der Waals surface area (Å²) in [6, 6.07) is 12.3. The molecule has 4 nitrogen and oxygen atoms in total. The molecule has 0 amide bonds. The van der Waals surface area contributed by atoms with E-state index in [2.05, 4.69) is 5.32 Å². The number of nitrogens with one attached hydrogen (secondary N) is 1. The zero-order valence-corrected chi connectivity index (χ0v) is 13.1. The second kappa shape index (κ2) is 7.45. The largest absolute Gasteiger partial charge is 0.313 e. The van der Waals surface area contributed by atoms with Crippen molar-refractivity contribution in [2.45, 2.75) is 23.3 Å². The van der Waals surface area contributed by atoms with Gasteiger partial charge in [0.2, 0.25) is 0 Å². The van der Waals surface area contributed by atoms with E-state index in [1.807, 2.05) is 25.1 Å². The highest BCUT2D eigenvalue weighted by Gasteiger charge is 2.08. The summed E-state index contributed by atoms with van der Waals surface area (Å²) in [5, 5.41) is 14.6. The van der Waals surface area contributed by atoms with E-state index < -0.39 is 4.92 Å². The third-order valence-corrected chi connectivity index (χ3v) is 4.22. The minimum atomic E-state index is -0.396. The van der Waals surface area contributed by atoms with E-state index >= 15 is 0 Å². The first kappa shape index (κ1) is 15.8. The van der Waals surface area contributed by atoms with Gasteiger partial charge < -0.3 is 5.32 Å². The molecule has 21 heavy (non-hydrogen) atoms. The molecule has 0 unspecified atom stereocenters. The number of nitro groups is 1. The predicted octanol–water partition coefficient (Wildman–Crippen LogP) is 4.51. The van der Waals surface area contributed by atoms with Gasteiger partial charge >= 0.3 is 0 Å². The molecule has 0 heterocycles. The van der Waals surface area contributed by atoms with Crippen molar-refractivity contribution in [2.24, 2.45) is 0 Å². The van der Waals surface area contributed by atoms with Crippen LogP contribution in [0.1, 0.15) is 12.5 Å². The average Bonchev–Trinajstić information content (AvgIpc) is 2.48. The second-order valence-corrected chi connectivity index (χ2v) is 5.94. The Labute approximate surface area is 132 Å². The highest BCUT2D eigenvalue weighted by molar-refractivity contribution is 7.99. The van der Waals surface area contributed by atoms with Crippen molar-refractivity contribution in [1.29, 1.82) is 0 Å². The lowest BCUT2D eigenvalue weighted by Crippen LogP contribution is -2.12. The molecule has 2 rings (SSSR count). The molecule has 0 saturated heterocycles. The Morgan fingerprint density at radius 2 is 1.95 bits per heavy atom. The molecule has 1 N–H and O–H groups in total. The Morgan fingerprint density at radius 1 is 1.24 bits per heavy atom. The minimum absolute atomic E-state index is 0.100. The van der Waals surface area contributed by atoms with Crippen LogP contribution in [0.3, 0.4) is 0 Å². The van der Waals surface area contributed by atoms with E-state index in [0.29, 0.717) is 5.02 Å². The van der Waals surface area contributed by atoms with Crippen LogP contribution in [-0.2, 0) is 6.54 Å². The first-order chi connectivity index (χ1) is 10.1. The van der Waals surface area contributed by atoms with Gasteiger partial charge in [0.25, 0.3) is 5.69 Å². The Morgan fingerprint density at radius 3 is 2.57 bits per heavy atom. The number of hydrogen-bond acceptors (Lipinski definition) is 4. The third kappa shape index (κ3) is 4.46. The third-order valence-electron chi connectivity index (χ3n) is 2.86. The van der Waals surface area contributed by atoms with E-state index in [1.165, 1.54) is 12.1 Å². The van der Waals surface area contributed by atoms with E-state index in [0.717, 1.165) is 28.4 Å². The smallest absolute Gasteiger partial charge is 0.269 e. The minimum Gasteiger partial charge on any atom is -0.313 e. The number of nitro benzene ring substituents is 1. The highest BCUT2D eigenvalue weighted by atomic mass is 35.5. The van der Waals surface area contributed by atoms with Gasteiger partial charge in [0, 0.05) is 33.5 Å². The molecule has 0 aliphatic carbocycles. The van der Waals surface area contributed by atoms with Crippen LogP contribution in [0.2, 0.25) is 5.02 Å². The molecule has 0 fully saturated rings. The molecular formula is C15H15ClN2O2S. The first-order valence-corrected chi connectivity index (χ1v) is 7.71. The molecule has 6 heteroatoms. The van der Waals surface area contributed by atoms with Gasteiger partial charge in [-0.15, -0.1) is 0 Å². The molecule has 0 spiro atoms. The van der Waals surface area contributed by atoms with Crippen LogP contribution in [-0.4, -0.2) is 11.5 Å². The van der Waals surface area contributed by atoms with E-state index in [4.69, 9.17) is 11.6 Å². The van der Waals surface area contributed by atoms with Crippen molar-refractivity contribution in [2.75, 3.05) is 6.54 Å². The van der Waals surface area contributed by atoms with Gasteiger partial charge in [-0.1, -0.05) is 30.3 Å². The summed E-state index contributed by atoms with van der Waals surface area (Å²) in [6.45, 7) is 3.67. The molecule has 0 aromatic heterocycles. The SMILES string of the molecule is CCNCc1cc(Cl)ccc1Sc1ccc([N+](=O)[O-])cc1. The summed E-state index contributed by atoms with van der Waals surface area (Å²) in [6.07, 6.45) is 0. The van der Waals surface area contributed by atoms with Gasteiger partial charge in [0.1, 0.15) is 0 Å². The molecule has 0 aliphatic heterocycles. The topological polar surface area (TPSA) is 55.2 Å². The molecule has 0 aliphatic rings. The molecule has 0 atom stereocenters. The fourth-order valence-electron chi connectivity index (χ4n) is 1.81. The Hall–Kier alpha value is -1.56. The molecular weight excluding hydrogens is 308 g/mol. The molecule has 0 saturated carbocycles. The Balaban J connectivity index is 2.19. The second-order valence-electron chi connectivity index (χ2n) is 4.39. The van der Waals surface area contributed by atoms with Crippen LogP contribution in [0.15, 0.2) is 52.3 Å². The van der Waals surface area contributed by atoms with Crippen molar-refractivity contribution in [1.82, 2.24) is 5.32 Å². The standard InChI is InChI=1S/C15H15ClN2O2S/c1-2-17-10-11-9-12(16)3-8-15(11)21-14-6-4-13(5-7-14)18(19)20/h3-9,17H,2,10H2,1H3. The number of rotatable bonds is 6. The zero-order valence-electron chi connectivity index (χ0n) is 11.5. The number of benzene rings is 2. The Kier molecular flexibility index (Phi) is 5.61. The van der Waals surface area contributed by atoms with Gasteiger partial charge in [0.15, 0.2) is 0 Å². The zero-order chi connectivity index (χ0) is 15.2. The monoisotopic (exact) mass is 322 g/mol. The van der Waals surface area contributed by atoms with Gasteiger partial charge in [0.05, 0.1) is 4.92 Å². The molecule has 0 radical (unpaired) electrons. The van der Waals surface area contributed by atoms with Gasteiger partial charge in [-0.3, -0.25) is 10.1 Å². The lowest BCUT2D eigenvalue weighted by Gasteiger charge is -2.10. The lowest BCUT2D eigenvalue weighted by atomic mass is 10.2. The predicted molar refractivity (Wildman–Crippen MR) is 86.1 cm³/mol. The average molecular weight is 323 g/mol. The molecule has 2 aromatic carbocycles. The van der Waals surface area contributed by atoms with Crippen molar-refractivity contribution < 1.29 is 4.92 Å². The van der Waals surface area contributed by atoms with E-state index in [1.54, 1.807) is 23.9 Å². The van der Waals surface area contributed by atoms with E-state index in [9.17, 15) is 10.1 Å². The van der Waals surface area contributed by atoms with Crippen LogP contribution in [0.5, 0.6) is 0 Å². The number of hydrogen-bond donors (Lipinski definition) is 1. The number of non-ortho nitro benzene ring substituents is 1. The van der Waals surface area contributed by atoms with Crippen LogP contribution in [0.4, 0.5) is 5.69 Å². The van der Waals surface area contributed by atoms with Gasteiger partial charge in [-0.2, -0.15) is 0 Å². The van der Waals surface area contributed by atoms with Crippen molar-refractivity contribution in [3.05, 3.63) is 63.2 Å². The van der Waals surface area contributed by atoms with Crippen molar-refractivity contribution in [3.8, 4) is 0 Å². The summed E-state index contributed by atoms with van der Waals surface area (Å²) in [4.78, 5) is 12.3. The molecule has 0 bridgehead atoms. The number of halogens is 1. The van der Waals surface area contributed by atoms with Crippen LogP contribution >= 0.6 is 23.4 Å². The fourth-order valence-corrected chi connectivity index (χ4v) is 2.93. The van der Waals surface area contributed by atoms with Gasteiger partial charge in [-0.25, -0.2) is 0 Å². The summed E-state index contributed by atoms with van der Waals surface area (Å²) < 4.78 is 0. The summed E-state index contributed by atoms with van der Waals surface area (Å²) >= 11 is 7.61. The first-order valence-electron chi connectivity index (χ1n) is 6.51.